The molecule has 0 aliphatic heterocycles. The van der Waals surface area contributed by atoms with Gasteiger partial charge in [0.1, 0.15) is 12.4 Å². The molecule has 0 spiro atoms. The average Bonchev–Trinajstić information content (AvgIpc) is 2.46. The smallest absolute Gasteiger partial charge is 0.125 e. The molecule has 0 heterocycles. The summed E-state index contributed by atoms with van der Waals surface area (Å²) in [7, 11) is 0. The lowest BCUT2D eigenvalue weighted by atomic mass is 10.1. The molecule has 2 aromatic rings. The minimum Gasteiger partial charge on any atom is -0.488 e. The first-order valence-electron chi connectivity index (χ1n) is 6.56. The van der Waals surface area contributed by atoms with Gasteiger partial charge in [-0.1, -0.05) is 24.3 Å². The van der Waals surface area contributed by atoms with E-state index in [1.807, 2.05) is 44.2 Å². The summed E-state index contributed by atoms with van der Waals surface area (Å²) in [5.41, 5.74) is 10.6. The third kappa shape index (κ3) is 3.17. The van der Waals surface area contributed by atoms with Gasteiger partial charge in [-0.05, 0) is 48.2 Å². The summed E-state index contributed by atoms with van der Waals surface area (Å²) in [5.74, 6) is 0.893. The van der Waals surface area contributed by atoms with Crippen molar-refractivity contribution >= 4 is 0 Å². The van der Waals surface area contributed by atoms with Crippen LogP contribution in [0.4, 0.5) is 0 Å². The highest BCUT2D eigenvalue weighted by molar-refractivity contribution is 5.43. The zero-order valence-electron chi connectivity index (χ0n) is 11.8. The van der Waals surface area contributed by atoms with E-state index in [2.05, 4.69) is 6.07 Å². The van der Waals surface area contributed by atoms with Crippen molar-refractivity contribution in [3.8, 4) is 11.8 Å². The van der Waals surface area contributed by atoms with Gasteiger partial charge in [-0.25, -0.2) is 0 Å². The molecule has 0 amide bonds. The summed E-state index contributed by atoms with van der Waals surface area (Å²) in [4.78, 5) is 0. The Kier molecular flexibility index (Phi) is 4.39. The molecular weight excluding hydrogens is 248 g/mol. The maximum atomic E-state index is 8.89. The van der Waals surface area contributed by atoms with Gasteiger partial charge in [-0.2, -0.15) is 5.26 Å². The van der Waals surface area contributed by atoms with Crippen molar-refractivity contribution in [3.05, 3.63) is 64.2 Å². The molecule has 0 aromatic heterocycles. The van der Waals surface area contributed by atoms with Crippen molar-refractivity contribution in [3.63, 3.8) is 0 Å². The van der Waals surface area contributed by atoms with Gasteiger partial charge in [0.05, 0.1) is 11.6 Å². The van der Waals surface area contributed by atoms with Crippen LogP contribution in [0.3, 0.4) is 0 Å². The van der Waals surface area contributed by atoms with Crippen molar-refractivity contribution in [1.82, 2.24) is 0 Å². The number of nitrogens with two attached hydrogens (primary N) is 1. The number of hydrogen-bond donors (Lipinski definition) is 1. The SMILES string of the molecule is Cc1cc(CN)cc(C)c1OCc1cccc(C#N)c1. The van der Waals surface area contributed by atoms with Crippen LogP contribution in [0.2, 0.25) is 0 Å². The highest BCUT2D eigenvalue weighted by atomic mass is 16.5. The number of nitriles is 1. The molecule has 0 aliphatic carbocycles. The Balaban J connectivity index is 2.17. The molecule has 2 N–H and O–H groups in total. The van der Waals surface area contributed by atoms with Gasteiger partial charge < -0.3 is 10.5 Å². The zero-order valence-corrected chi connectivity index (χ0v) is 11.8. The number of nitrogens with zero attached hydrogens (tertiary/aromatic N) is 1. The van der Waals surface area contributed by atoms with Gasteiger partial charge in [0, 0.05) is 6.54 Å². The first kappa shape index (κ1) is 14.1. The summed E-state index contributed by atoms with van der Waals surface area (Å²) >= 11 is 0. The van der Waals surface area contributed by atoms with E-state index in [1.165, 1.54) is 0 Å². The molecule has 0 saturated carbocycles. The molecule has 2 rings (SSSR count). The summed E-state index contributed by atoms with van der Waals surface area (Å²) < 4.78 is 5.90. The van der Waals surface area contributed by atoms with Gasteiger partial charge in [0.2, 0.25) is 0 Å². The minimum atomic E-state index is 0.458. The average molecular weight is 266 g/mol. The van der Waals surface area contributed by atoms with Crippen LogP contribution < -0.4 is 10.5 Å². The molecular formula is C17H18N2O. The van der Waals surface area contributed by atoms with E-state index in [9.17, 15) is 0 Å². The van der Waals surface area contributed by atoms with Gasteiger partial charge >= 0.3 is 0 Å². The molecule has 3 heteroatoms. The van der Waals surface area contributed by atoms with Crippen molar-refractivity contribution < 1.29 is 4.74 Å². The van der Waals surface area contributed by atoms with E-state index in [0.29, 0.717) is 18.7 Å². The Bertz CT molecular complexity index is 633. The molecule has 0 radical (unpaired) electrons. The Hall–Kier alpha value is -2.31. The fourth-order valence-electron chi connectivity index (χ4n) is 2.27. The molecule has 0 atom stereocenters. The molecule has 2 aromatic carbocycles. The van der Waals surface area contributed by atoms with Crippen molar-refractivity contribution in [2.45, 2.75) is 27.0 Å². The lowest BCUT2D eigenvalue weighted by Crippen LogP contribution is -2.02. The van der Waals surface area contributed by atoms with E-state index in [4.69, 9.17) is 15.7 Å². The number of benzene rings is 2. The third-order valence-corrected chi connectivity index (χ3v) is 3.20. The van der Waals surface area contributed by atoms with E-state index < -0.39 is 0 Å². The van der Waals surface area contributed by atoms with Crippen LogP contribution >= 0.6 is 0 Å². The lowest BCUT2D eigenvalue weighted by molar-refractivity contribution is 0.302. The first-order chi connectivity index (χ1) is 9.63. The highest BCUT2D eigenvalue weighted by Crippen LogP contribution is 2.25. The fraction of sp³-hybridized carbons (Fsp3) is 0.235. The molecule has 0 saturated heterocycles. The van der Waals surface area contributed by atoms with E-state index in [1.54, 1.807) is 6.07 Å². The highest BCUT2D eigenvalue weighted by Gasteiger charge is 2.06. The molecule has 20 heavy (non-hydrogen) atoms. The van der Waals surface area contributed by atoms with Crippen LogP contribution in [0.1, 0.15) is 27.8 Å². The number of rotatable bonds is 4. The van der Waals surface area contributed by atoms with Crippen LogP contribution in [0.5, 0.6) is 5.75 Å². The topological polar surface area (TPSA) is 59.0 Å². The van der Waals surface area contributed by atoms with E-state index in [-0.39, 0.29) is 0 Å². The van der Waals surface area contributed by atoms with Crippen LogP contribution in [0, 0.1) is 25.2 Å². The van der Waals surface area contributed by atoms with Gasteiger partial charge in [0.15, 0.2) is 0 Å². The van der Waals surface area contributed by atoms with E-state index >= 15 is 0 Å². The quantitative estimate of drug-likeness (QED) is 0.924. The van der Waals surface area contributed by atoms with Gasteiger partial charge in [0.25, 0.3) is 0 Å². The zero-order chi connectivity index (χ0) is 14.5. The maximum Gasteiger partial charge on any atom is 0.125 e. The molecule has 0 fully saturated rings. The van der Waals surface area contributed by atoms with Gasteiger partial charge in [-0.15, -0.1) is 0 Å². The second kappa shape index (κ2) is 6.23. The third-order valence-electron chi connectivity index (χ3n) is 3.20. The Morgan fingerprint density at radius 2 is 1.80 bits per heavy atom. The predicted molar refractivity (Wildman–Crippen MR) is 79.3 cm³/mol. The molecule has 3 nitrogen and oxygen atoms in total. The maximum absolute atomic E-state index is 8.89. The lowest BCUT2D eigenvalue weighted by Gasteiger charge is -2.14. The Morgan fingerprint density at radius 3 is 2.40 bits per heavy atom. The van der Waals surface area contributed by atoms with Crippen molar-refractivity contribution in [2.75, 3.05) is 0 Å². The summed E-state index contributed by atoms with van der Waals surface area (Å²) in [6.07, 6.45) is 0. The minimum absolute atomic E-state index is 0.458. The number of aryl methyl sites for hydroxylation is 2. The second-order valence-electron chi connectivity index (χ2n) is 4.86. The van der Waals surface area contributed by atoms with Crippen molar-refractivity contribution in [2.24, 2.45) is 5.73 Å². The van der Waals surface area contributed by atoms with Gasteiger partial charge in [-0.3, -0.25) is 0 Å². The van der Waals surface area contributed by atoms with E-state index in [0.717, 1.165) is 28.0 Å². The summed E-state index contributed by atoms with van der Waals surface area (Å²) in [6.45, 7) is 5.03. The van der Waals surface area contributed by atoms with Crippen LogP contribution in [0.25, 0.3) is 0 Å². The second-order valence-corrected chi connectivity index (χ2v) is 4.86. The fourth-order valence-corrected chi connectivity index (χ4v) is 2.27. The standard InChI is InChI=1S/C17H18N2O/c1-12-6-16(10-19)7-13(2)17(12)20-11-15-5-3-4-14(8-15)9-18/h3-8H,10-11,19H2,1-2H3. The van der Waals surface area contributed by atoms with Crippen molar-refractivity contribution in [1.29, 1.82) is 5.26 Å². The van der Waals surface area contributed by atoms with Crippen LogP contribution in [-0.4, -0.2) is 0 Å². The normalized spacial score (nSPS) is 10.1. The monoisotopic (exact) mass is 266 g/mol. The molecule has 0 unspecified atom stereocenters. The number of ether oxygens (including phenoxy) is 1. The summed E-state index contributed by atoms with van der Waals surface area (Å²) in [6, 6.07) is 13.7. The predicted octanol–water partition coefficient (Wildman–Crippen LogP) is 3.21. The summed E-state index contributed by atoms with van der Waals surface area (Å²) in [5, 5.41) is 8.89. The van der Waals surface area contributed by atoms with Crippen LogP contribution in [-0.2, 0) is 13.2 Å². The number of hydrogen-bond acceptors (Lipinski definition) is 3. The molecule has 102 valence electrons. The largest absolute Gasteiger partial charge is 0.488 e. The Morgan fingerprint density at radius 1 is 1.10 bits per heavy atom. The molecule has 0 bridgehead atoms. The Labute approximate surface area is 119 Å². The molecule has 0 aliphatic rings. The van der Waals surface area contributed by atoms with Crippen LogP contribution in [0.15, 0.2) is 36.4 Å². The first-order valence-corrected chi connectivity index (χ1v) is 6.56.